The van der Waals surface area contributed by atoms with E-state index in [1.54, 1.807) is 0 Å². The van der Waals surface area contributed by atoms with Crippen molar-refractivity contribution < 1.29 is 19.0 Å². The third-order valence-corrected chi connectivity index (χ3v) is 6.76. The molecule has 176 valence electrons. The summed E-state index contributed by atoms with van der Waals surface area (Å²) < 4.78 is 16.4. The largest absolute Gasteiger partial charge is 0.454 e. The van der Waals surface area contributed by atoms with Crippen LogP contribution < -0.4 is 14.8 Å². The quantitative estimate of drug-likeness (QED) is 0.698. The van der Waals surface area contributed by atoms with Crippen molar-refractivity contribution in [2.45, 2.75) is 19.5 Å². The van der Waals surface area contributed by atoms with Crippen LogP contribution in [-0.4, -0.2) is 68.4 Å². The third kappa shape index (κ3) is 5.85. The van der Waals surface area contributed by atoms with Crippen LogP contribution in [0.5, 0.6) is 11.5 Å². The average molecular weight is 452 g/mol. The number of hydrogen-bond donors (Lipinski definition) is 1. The van der Waals surface area contributed by atoms with E-state index in [1.165, 1.54) is 5.56 Å². The van der Waals surface area contributed by atoms with E-state index in [0.29, 0.717) is 12.5 Å². The van der Waals surface area contributed by atoms with E-state index < -0.39 is 0 Å². The van der Waals surface area contributed by atoms with Crippen molar-refractivity contribution in [2.24, 2.45) is 11.8 Å². The number of fused-ring (bicyclic) bond motifs is 1. The number of nitrogens with zero attached hydrogens (tertiary/aromatic N) is 2. The Bertz CT molecular complexity index is 932. The number of likely N-dealkylation sites (tertiary alicyclic amines) is 1. The molecule has 2 saturated heterocycles. The second kappa shape index (κ2) is 10.5. The lowest BCUT2D eigenvalue weighted by atomic mass is 9.87. The first kappa shape index (κ1) is 22.2. The fourth-order valence-electron chi connectivity index (χ4n) is 5.13. The van der Waals surface area contributed by atoms with Crippen LogP contribution in [0, 0.1) is 11.8 Å². The van der Waals surface area contributed by atoms with Gasteiger partial charge in [0, 0.05) is 45.8 Å². The highest BCUT2D eigenvalue weighted by molar-refractivity contribution is 5.79. The van der Waals surface area contributed by atoms with Crippen LogP contribution in [0.2, 0.25) is 0 Å². The Morgan fingerprint density at radius 3 is 2.61 bits per heavy atom. The standard InChI is InChI=1S/C26H33N3O4/c30-26(27-14-21-6-7-24-25(13-21)33-19-32-24)23-12-22(16-28-8-10-31-11-9-28)17-29(18-23)15-20-4-2-1-3-5-20/h1-7,13,22-23H,8-12,14-19H2,(H,27,30)/t22-,23-/m1/s1. The van der Waals surface area contributed by atoms with E-state index in [1.807, 2.05) is 24.3 Å². The molecule has 7 nitrogen and oxygen atoms in total. The Labute approximate surface area is 195 Å². The molecule has 0 saturated carbocycles. The van der Waals surface area contributed by atoms with Gasteiger partial charge in [-0.3, -0.25) is 14.6 Å². The molecular weight excluding hydrogens is 418 g/mol. The van der Waals surface area contributed by atoms with Crippen molar-refractivity contribution in [2.75, 3.05) is 52.7 Å². The van der Waals surface area contributed by atoms with Gasteiger partial charge >= 0.3 is 0 Å². The summed E-state index contributed by atoms with van der Waals surface area (Å²) in [6.07, 6.45) is 0.926. The maximum atomic E-state index is 13.2. The molecule has 0 aliphatic carbocycles. The van der Waals surface area contributed by atoms with Gasteiger partial charge in [0.1, 0.15) is 0 Å². The number of benzene rings is 2. The first-order valence-corrected chi connectivity index (χ1v) is 12.0. The second-order valence-corrected chi connectivity index (χ2v) is 9.30. The van der Waals surface area contributed by atoms with Gasteiger partial charge in [0.05, 0.1) is 19.1 Å². The van der Waals surface area contributed by atoms with Crippen LogP contribution in [-0.2, 0) is 22.6 Å². The van der Waals surface area contributed by atoms with Gasteiger partial charge in [-0.2, -0.15) is 0 Å². The second-order valence-electron chi connectivity index (χ2n) is 9.30. The molecule has 1 amide bonds. The molecule has 0 spiro atoms. The van der Waals surface area contributed by atoms with Gasteiger partial charge in [0.2, 0.25) is 12.7 Å². The number of carbonyl (C=O) groups excluding carboxylic acids is 1. The number of morpholine rings is 1. The van der Waals surface area contributed by atoms with Crippen molar-refractivity contribution in [1.82, 2.24) is 15.1 Å². The zero-order valence-electron chi connectivity index (χ0n) is 19.1. The molecule has 0 radical (unpaired) electrons. The van der Waals surface area contributed by atoms with Gasteiger partial charge in [-0.15, -0.1) is 0 Å². The highest BCUT2D eigenvalue weighted by atomic mass is 16.7. The van der Waals surface area contributed by atoms with Gasteiger partial charge in [-0.25, -0.2) is 0 Å². The van der Waals surface area contributed by atoms with Gasteiger partial charge < -0.3 is 19.5 Å². The summed E-state index contributed by atoms with van der Waals surface area (Å²) in [5.41, 5.74) is 2.32. The van der Waals surface area contributed by atoms with Crippen molar-refractivity contribution in [1.29, 1.82) is 0 Å². The van der Waals surface area contributed by atoms with E-state index >= 15 is 0 Å². The Hall–Kier alpha value is -2.61. The van der Waals surface area contributed by atoms with Gasteiger partial charge in [0.25, 0.3) is 0 Å². The SMILES string of the molecule is O=C(NCc1ccc2c(c1)OCO2)[C@@H]1C[C@H](CN2CCOCC2)CN(Cc2ccccc2)C1. The normalized spacial score (nSPS) is 23.4. The number of rotatable bonds is 7. The molecule has 1 N–H and O–H groups in total. The molecule has 2 atom stereocenters. The maximum Gasteiger partial charge on any atom is 0.231 e. The molecule has 5 rings (SSSR count). The van der Waals surface area contributed by atoms with Crippen LogP contribution in [0.3, 0.4) is 0 Å². The van der Waals surface area contributed by atoms with E-state index in [0.717, 1.165) is 76.0 Å². The molecule has 2 aromatic rings. The monoisotopic (exact) mass is 451 g/mol. The lowest BCUT2D eigenvalue weighted by Gasteiger charge is -2.40. The zero-order valence-corrected chi connectivity index (χ0v) is 19.1. The molecule has 3 aliphatic rings. The lowest BCUT2D eigenvalue weighted by Crippen LogP contribution is -2.49. The fourth-order valence-corrected chi connectivity index (χ4v) is 5.13. The van der Waals surface area contributed by atoms with Crippen molar-refractivity contribution in [3.63, 3.8) is 0 Å². The summed E-state index contributed by atoms with van der Waals surface area (Å²) in [5.74, 6) is 2.11. The average Bonchev–Trinajstić information content (AvgIpc) is 3.32. The van der Waals surface area contributed by atoms with Gasteiger partial charge in [0.15, 0.2) is 11.5 Å². The van der Waals surface area contributed by atoms with Gasteiger partial charge in [-0.05, 0) is 35.6 Å². The van der Waals surface area contributed by atoms with E-state index in [2.05, 4.69) is 39.4 Å². The summed E-state index contributed by atoms with van der Waals surface area (Å²) >= 11 is 0. The summed E-state index contributed by atoms with van der Waals surface area (Å²) in [7, 11) is 0. The highest BCUT2D eigenvalue weighted by Crippen LogP contribution is 2.32. The lowest BCUT2D eigenvalue weighted by molar-refractivity contribution is -0.128. The molecule has 3 heterocycles. The molecule has 0 aromatic heterocycles. The Balaban J connectivity index is 1.22. The van der Waals surface area contributed by atoms with E-state index in [4.69, 9.17) is 14.2 Å². The van der Waals surface area contributed by atoms with Crippen LogP contribution in [0.15, 0.2) is 48.5 Å². The number of ether oxygens (including phenoxy) is 3. The molecule has 7 heteroatoms. The number of nitrogens with one attached hydrogen (secondary N) is 1. The molecule has 33 heavy (non-hydrogen) atoms. The minimum atomic E-state index is -0.0116. The molecule has 2 aromatic carbocycles. The summed E-state index contributed by atoms with van der Waals surface area (Å²) in [4.78, 5) is 18.2. The minimum absolute atomic E-state index is 0.0116. The fraction of sp³-hybridized carbons (Fsp3) is 0.500. The predicted molar refractivity (Wildman–Crippen MR) is 125 cm³/mol. The van der Waals surface area contributed by atoms with E-state index in [-0.39, 0.29) is 18.6 Å². The third-order valence-electron chi connectivity index (χ3n) is 6.76. The highest BCUT2D eigenvalue weighted by Gasteiger charge is 2.32. The van der Waals surface area contributed by atoms with Crippen LogP contribution in [0.25, 0.3) is 0 Å². The molecule has 0 unspecified atom stereocenters. The van der Waals surface area contributed by atoms with E-state index in [9.17, 15) is 4.79 Å². The summed E-state index contributed by atoms with van der Waals surface area (Å²) in [5, 5.41) is 3.17. The summed E-state index contributed by atoms with van der Waals surface area (Å²) in [6, 6.07) is 16.4. The number of amides is 1. The van der Waals surface area contributed by atoms with Crippen molar-refractivity contribution in [3.8, 4) is 11.5 Å². The molecule has 2 fully saturated rings. The minimum Gasteiger partial charge on any atom is -0.454 e. The number of carbonyl (C=O) groups is 1. The summed E-state index contributed by atoms with van der Waals surface area (Å²) in [6.45, 7) is 8.06. The molecule has 0 bridgehead atoms. The smallest absolute Gasteiger partial charge is 0.231 e. The topological polar surface area (TPSA) is 63.3 Å². The van der Waals surface area contributed by atoms with Crippen molar-refractivity contribution in [3.05, 3.63) is 59.7 Å². The Morgan fingerprint density at radius 2 is 1.76 bits per heavy atom. The predicted octanol–water partition coefficient (Wildman–Crippen LogP) is 2.50. The molecule has 3 aliphatic heterocycles. The number of piperidine rings is 1. The van der Waals surface area contributed by atoms with Crippen LogP contribution in [0.1, 0.15) is 17.5 Å². The van der Waals surface area contributed by atoms with Gasteiger partial charge in [-0.1, -0.05) is 36.4 Å². The Kier molecular flexibility index (Phi) is 7.09. The Morgan fingerprint density at radius 1 is 0.939 bits per heavy atom. The van der Waals surface area contributed by atoms with Crippen LogP contribution in [0.4, 0.5) is 0 Å². The maximum absolute atomic E-state index is 13.2. The molecular formula is C26H33N3O4. The first-order valence-electron chi connectivity index (χ1n) is 12.0. The number of hydrogen-bond acceptors (Lipinski definition) is 6. The zero-order chi connectivity index (χ0) is 22.5. The first-order chi connectivity index (χ1) is 16.2. The van der Waals surface area contributed by atoms with Crippen molar-refractivity contribution >= 4 is 5.91 Å². The van der Waals surface area contributed by atoms with Crippen LogP contribution >= 0.6 is 0 Å².